The fourth-order valence-electron chi connectivity index (χ4n) is 1.96. The van der Waals surface area contributed by atoms with Crippen molar-refractivity contribution in [1.82, 2.24) is 5.43 Å². The molecular weight excluding hydrogens is 406 g/mol. The minimum atomic E-state index is -0.780. The van der Waals surface area contributed by atoms with Crippen LogP contribution in [0, 0.1) is 0 Å². The summed E-state index contributed by atoms with van der Waals surface area (Å²) in [7, 11) is 2.98. The zero-order valence-electron chi connectivity index (χ0n) is 14.0. The van der Waals surface area contributed by atoms with E-state index in [1.165, 1.54) is 13.3 Å². The van der Waals surface area contributed by atoms with Crippen LogP contribution in [0.1, 0.15) is 15.9 Å². The second-order valence-electron chi connectivity index (χ2n) is 4.89. The fourth-order valence-corrected chi connectivity index (χ4v) is 2.50. The molecule has 0 aliphatic heterocycles. The van der Waals surface area contributed by atoms with Gasteiger partial charge in [-0.2, -0.15) is 5.10 Å². The van der Waals surface area contributed by atoms with Crippen molar-refractivity contribution in [3.05, 3.63) is 52.0 Å². The lowest BCUT2D eigenvalue weighted by molar-refractivity contribution is 0.0728. The second kappa shape index (κ2) is 8.86. The molecule has 0 fully saturated rings. The molecule has 136 valence electrons. The van der Waals surface area contributed by atoms with Crippen LogP contribution in [0.5, 0.6) is 17.2 Å². The molecule has 0 saturated carbocycles. The fraction of sp³-hybridized carbons (Fsp3) is 0.118. The molecule has 0 heterocycles. The van der Waals surface area contributed by atoms with Gasteiger partial charge in [0.15, 0.2) is 11.5 Å². The van der Waals surface area contributed by atoms with Crippen LogP contribution in [0.25, 0.3) is 0 Å². The normalized spacial score (nSPS) is 10.4. The van der Waals surface area contributed by atoms with Crippen LogP contribution < -0.4 is 25.4 Å². The number of halogens is 1. The van der Waals surface area contributed by atoms with Crippen LogP contribution in [0.3, 0.4) is 0 Å². The molecule has 8 nitrogen and oxygen atoms in total. The quantitative estimate of drug-likeness (QED) is 0.322. The summed E-state index contributed by atoms with van der Waals surface area (Å²) in [5, 5.41) is 3.67. The highest BCUT2D eigenvalue weighted by atomic mass is 79.9. The number of esters is 1. The summed E-state index contributed by atoms with van der Waals surface area (Å²) in [6, 6.07) is 8.97. The lowest BCUT2D eigenvalue weighted by atomic mass is 10.2. The number of primary amides is 1. The molecule has 9 heteroatoms. The summed E-state index contributed by atoms with van der Waals surface area (Å²) in [5.74, 6) is 0.604. The number of hydrogen-bond acceptors (Lipinski definition) is 6. The van der Waals surface area contributed by atoms with Gasteiger partial charge in [-0.25, -0.2) is 15.0 Å². The summed E-state index contributed by atoms with van der Waals surface area (Å²) in [5.41, 5.74) is 7.96. The van der Waals surface area contributed by atoms with E-state index in [1.807, 2.05) is 0 Å². The highest BCUT2D eigenvalue weighted by Crippen LogP contribution is 2.36. The van der Waals surface area contributed by atoms with Crippen LogP contribution in [0.15, 0.2) is 46.0 Å². The standard InChI is InChI=1S/C17H16BrN3O5/c1-24-12-5-3-11(4-6-12)16(22)26-15-13(18)7-10(8-14(15)25-2)9-20-21-17(19)23/h3-9H,1-2H3,(H3,19,21,23)/b20-9+. The highest BCUT2D eigenvalue weighted by Gasteiger charge is 2.17. The largest absolute Gasteiger partial charge is 0.497 e. The predicted molar refractivity (Wildman–Crippen MR) is 99.0 cm³/mol. The molecule has 0 radical (unpaired) electrons. The van der Waals surface area contributed by atoms with E-state index in [1.54, 1.807) is 43.5 Å². The zero-order chi connectivity index (χ0) is 19.1. The second-order valence-corrected chi connectivity index (χ2v) is 5.74. The van der Waals surface area contributed by atoms with Crippen molar-refractivity contribution < 1.29 is 23.8 Å². The SMILES string of the molecule is COc1ccc(C(=O)Oc2c(Br)cc(/C=N/NC(N)=O)cc2OC)cc1. The van der Waals surface area contributed by atoms with E-state index in [0.717, 1.165) is 0 Å². The third kappa shape index (κ3) is 4.96. The van der Waals surface area contributed by atoms with Crippen LogP contribution >= 0.6 is 15.9 Å². The molecule has 2 aromatic rings. The highest BCUT2D eigenvalue weighted by molar-refractivity contribution is 9.10. The third-order valence-corrected chi connectivity index (χ3v) is 3.75. The summed E-state index contributed by atoms with van der Waals surface area (Å²) < 4.78 is 16.2. The lowest BCUT2D eigenvalue weighted by Crippen LogP contribution is -2.24. The Labute approximate surface area is 158 Å². The molecule has 0 aliphatic carbocycles. The van der Waals surface area contributed by atoms with E-state index in [4.69, 9.17) is 19.9 Å². The van der Waals surface area contributed by atoms with Crippen molar-refractivity contribution in [2.24, 2.45) is 10.8 Å². The van der Waals surface area contributed by atoms with Gasteiger partial charge in [0.05, 0.1) is 30.5 Å². The number of urea groups is 1. The van der Waals surface area contributed by atoms with E-state index in [-0.39, 0.29) is 5.75 Å². The molecule has 0 spiro atoms. The smallest absolute Gasteiger partial charge is 0.343 e. The molecular formula is C17H16BrN3O5. The topological polar surface area (TPSA) is 112 Å². The monoisotopic (exact) mass is 421 g/mol. The maximum absolute atomic E-state index is 12.3. The van der Waals surface area contributed by atoms with E-state index in [0.29, 0.717) is 27.1 Å². The van der Waals surface area contributed by atoms with E-state index >= 15 is 0 Å². The van der Waals surface area contributed by atoms with Gasteiger partial charge in [0.2, 0.25) is 0 Å². The number of hydrazone groups is 1. The van der Waals surface area contributed by atoms with Crippen molar-refractivity contribution in [2.45, 2.75) is 0 Å². The van der Waals surface area contributed by atoms with Crippen LogP contribution in [-0.4, -0.2) is 32.4 Å². The molecule has 0 bridgehead atoms. The number of rotatable bonds is 6. The Morgan fingerprint density at radius 3 is 2.42 bits per heavy atom. The number of amides is 2. The Balaban J connectivity index is 2.23. The first kappa shape index (κ1) is 19.3. The first-order valence-corrected chi connectivity index (χ1v) is 8.06. The molecule has 0 atom stereocenters. The number of nitrogens with zero attached hydrogens (tertiary/aromatic N) is 1. The van der Waals surface area contributed by atoms with Gasteiger partial charge in [0, 0.05) is 0 Å². The Morgan fingerprint density at radius 1 is 1.15 bits per heavy atom. The van der Waals surface area contributed by atoms with Gasteiger partial charge in [-0.15, -0.1) is 0 Å². The van der Waals surface area contributed by atoms with Crippen molar-refractivity contribution in [1.29, 1.82) is 0 Å². The van der Waals surface area contributed by atoms with Crippen molar-refractivity contribution in [3.63, 3.8) is 0 Å². The Kier molecular flexibility index (Phi) is 6.56. The van der Waals surface area contributed by atoms with Gasteiger partial charge in [-0.3, -0.25) is 0 Å². The van der Waals surface area contributed by atoms with Gasteiger partial charge in [0.1, 0.15) is 5.75 Å². The van der Waals surface area contributed by atoms with E-state index < -0.39 is 12.0 Å². The number of carbonyl (C=O) groups excluding carboxylic acids is 2. The number of nitrogens with two attached hydrogens (primary N) is 1. The zero-order valence-corrected chi connectivity index (χ0v) is 15.6. The molecule has 2 aromatic carbocycles. The average Bonchev–Trinajstić information content (AvgIpc) is 2.63. The first-order chi connectivity index (χ1) is 12.4. The number of carbonyl (C=O) groups is 2. The Bertz CT molecular complexity index is 837. The van der Waals surface area contributed by atoms with Crippen molar-refractivity contribution in [2.75, 3.05) is 14.2 Å². The minimum absolute atomic E-state index is 0.216. The van der Waals surface area contributed by atoms with Crippen molar-refractivity contribution >= 4 is 34.1 Å². The third-order valence-electron chi connectivity index (χ3n) is 3.16. The van der Waals surface area contributed by atoms with E-state index in [2.05, 4.69) is 26.5 Å². The molecule has 3 N–H and O–H groups in total. The van der Waals surface area contributed by atoms with Crippen LogP contribution in [-0.2, 0) is 0 Å². The number of benzene rings is 2. The summed E-state index contributed by atoms with van der Waals surface area (Å²) in [6.07, 6.45) is 1.37. The summed E-state index contributed by atoms with van der Waals surface area (Å²) in [4.78, 5) is 23.0. The molecule has 0 aliphatic rings. The van der Waals surface area contributed by atoms with Crippen LogP contribution in [0.4, 0.5) is 4.79 Å². The van der Waals surface area contributed by atoms with Gasteiger partial charge in [0.25, 0.3) is 0 Å². The number of hydrogen-bond donors (Lipinski definition) is 2. The number of nitrogens with one attached hydrogen (secondary N) is 1. The molecule has 0 aromatic heterocycles. The minimum Gasteiger partial charge on any atom is -0.497 e. The van der Waals surface area contributed by atoms with Gasteiger partial charge in [-0.1, -0.05) is 0 Å². The average molecular weight is 422 g/mol. The summed E-state index contributed by atoms with van der Waals surface area (Å²) in [6.45, 7) is 0. The maximum atomic E-state index is 12.3. The first-order valence-electron chi connectivity index (χ1n) is 7.27. The Hall–Kier alpha value is -3.07. The molecule has 2 rings (SSSR count). The van der Waals surface area contributed by atoms with Gasteiger partial charge in [-0.05, 0) is 57.9 Å². The van der Waals surface area contributed by atoms with E-state index in [9.17, 15) is 9.59 Å². The molecule has 0 unspecified atom stereocenters. The summed E-state index contributed by atoms with van der Waals surface area (Å²) >= 11 is 3.33. The Morgan fingerprint density at radius 2 is 1.85 bits per heavy atom. The maximum Gasteiger partial charge on any atom is 0.343 e. The van der Waals surface area contributed by atoms with Crippen molar-refractivity contribution in [3.8, 4) is 17.2 Å². The van der Waals surface area contributed by atoms with Gasteiger partial charge >= 0.3 is 12.0 Å². The molecule has 26 heavy (non-hydrogen) atoms. The lowest BCUT2D eigenvalue weighted by Gasteiger charge is -2.12. The number of ether oxygens (including phenoxy) is 3. The molecule has 0 saturated heterocycles. The predicted octanol–water partition coefficient (Wildman–Crippen LogP) is 2.69. The van der Waals surface area contributed by atoms with Gasteiger partial charge < -0.3 is 19.9 Å². The number of methoxy groups -OCH3 is 2. The van der Waals surface area contributed by atoms with Crippen LogP contribution in [0.2, 0.25) is 0 Å². The molecule has 2 amide bonds.